The quantitative estimate of drug-likeness (QED) is 0.871. The molecule has 0 atom stereocenters. The summed E-state index contributed by atoms with van der Waals surface area (Å²) in [6.45, 7) is 0. The van der Waals surface area contributed by atoms with Crippen molar-refractivity contribution in [1.29, 1.82) is 0 Å². The molecule has 0 aliphatic heterocycles. The molecule has 0 radical (unpaired) electrons. The third-order valence-electron chi connectivity index (χ3n) is 2.09. The van der Waals surface area contributed by atoms with E-state index in [0.29, 0.717) is 0 Å². The summed E-state index contributed by atoms with van der Waals surface area (Å²) < 4.78 is 10.4. The third kappa shape index (κ3) is 1.62. The van der Waals surface area contributed by atoms with E-state index in [-0.39, 0.29) is 0 Å². The van der Waals surface area contributed by atoms with Crippen LogP contribution in [0, 0.1) is 0 Å². The molecular formula is C8H8Br2N4S. The molecule has 0 bridgehead atoms. The lowest BCUT2D eigenvalue weighted by atomic mass is 10.2. The fraction of sp³-hybridized carbons (Fsp3) is 0.250. The van der Waals surface area contributed by atoms with Crippen molar-refractivity contribution in [1.82, 2.24) is 8.75 Å². The summed E-state index contributed by atoms with van der Waals surface area (Å²) in [5, 5.41) is 6.27. The number of nitrogens with zero attached hydrogens (tertiary/aromatic N) is 2. The average Bonchev–Trinajstić information content (AvgIpc) is 2.72. The van der Waals surface area contributed by atoms with Crippen molar-refractivity contribution in [2.24, 2.45) is 0 Å². The first kappa shape index (κ1) is 11.1. The predicted molar refractivity (Wildman–Crippen MR) is 71.9 cm³/mol. The van der Waals surface area contributed by atoms with Crippen molar-refractivity contribution in [3.63, 3.8) is 0 Å². The molecule has 0 saturated heterocycles. The maximum absolute atomic E-state index is 4.25. The molecular weight excluding hydrogens is 344 g/mol. The minimum Gasteiger partial charge on any atom is -0.385 e. The van der Waals surface area contributed by atoms with Gasteiger partial charge < -0.3 is 10.6 Å². The Kier molecular flexibility index (Phi) is 3.13. The summed E-state index contributed by atoms with van der Waals surface area (Å²) in [5.41, 5.74) is 3.69. The molecule has 0 unspecified atom stereocenters. The predicted octanol–water partition coefficient (Wildman–Crippen LogP) is 3.30. The van der Waals surface area contributed by atoms with E-state index >= 15 is 0 Å². The van der Waals surface area contributed by atoms with Crippen LogP contribution in [0.2, 0.25) is 0 Å². The molecule has 4 nitrogen and oxygen atoms in total. The van der Waals surface area contributed by atoms with Crippen molar-refractivity contribution < 1.29 is 0 Å². The van der Waals surface area contributed by atoms with E-state index in [4.69, 9.17) is 0 Å². The van der Waals surface area contributed by atoms with E-state index in [1.807, 2.05) is 14.1 Å². The molecule has 0 aliphatic carbocycles. The molecule has 80 valence electrons. The zero-order chi connectivity index (χ0) is 11.0. The second-order valence-electron chi connectivity index (χ2n) is 2.84. The number of fused-ring (bicyclic) bond motifs is 1. The topological polar surface area (TPSA) is 49.8 Å². The Bertz CT molecular complexity index is 467. The Balaban J connectivity index is 2.90. The first-order valence-corrected chi connectivity index (χ1v) is 6.51. The molecule has 1 heterocycles. The van der Waals surface area contributed by atoms with Crippen LogP contribution >= 0.6 is 43.6 Å². The molecule has 2 rings (SSSR count). The van der Waals surface area contributed by atoms with Crippen molar-refractivity contribution in [2.75, 3.05) is 24.7 Å². The maximum Gasteiger partial charge on any atom is 0.122 e. The molecule has 2 aromatic rings. The van der Waals surface area contributed by atoms with Gasteiger partial charge >= 0.3 is 0 Å². The van der Waals surface area contributed by atoms with Crippen LogP contribution in [0.4, 0.5) is 11.4 Å². The molecule has 1 aromatic carbocycles. The summed E-state index contributed by atoms with van der Waals surface area (Å²) >= 11 is 8.26. The Labute approximate surface area is 108 Å². The second kappa shape index (κ2) is 4.23. The van der Waals surface area contributed by atoms with Crippen molar-refractivity contribution in [3.8, 4) is 0 Å². The van der Waals surface area contributed by atoms with Crippen LogP contribution < -0.4 is 10.6 Å². The van der Waals surface area contributed by atoms with Gasteiger partial charge in [-0.2, -0.15) is 8.75 Å². The van der Waals surface area contributed by atoms with Gasteiger partial charge in [-0.1, -0.05) is 0 Å². The summed E-state index contributed by atoms with van der Waals surface area (Å²) in [7, 11) is 3.75. The molecule has 7 heteroatoms. The molecule has 0 aliphatic rings. The number of benzene rings is 1. The van der Waals surface area contributed by atoms with Gasteiger partial charge in [0, 0.05) is 14.1 Å². The van der Waals surface area contributed by atoms with Crippen molar-refractivity contribution in [2.45, 2.75) is 0 Å². The summed E-state index contributed by atoms with van der Waals surface area (Å²) in [5.74, 6) is 0. The summed E-state index contributed by atoms with van der Waals surface area (Å²) in [6.07, 6.45) is 0. The first-order valence-electron chi connectivity index (χ1n) is 4.19. The highest BCUT2D eigenvalue weighted by molar-refractivity contribution is 9.11. The molecule has 0 fully saturated rings. The maximum atomic E-state index is 4.25. The van der Waals surface area contributed by atoms with Crippen LogP contribution in [-0.4, -0.2) is 22.8 Å². The monoisotopic (exact) mass is 350 g/mol. The summed E-state index contributed by atoms with van der Waals surface area (Å²) in [6, 6.07) is 0. The van der Waals surface area contributed by atoms with E-state index in [1.54, 1.807) is 0 Å². The van der Waals surface area contributed by atoms with Gasteiger partial charge in [0.15, 0.2) is 0 Å². The zero-order valence-corrected chi connectivity index (χ0v) is 12.0. The van der Waals surface area contributed by atoms with Gasteiger partial charge in [-0.15, -0.1) is 0 Å². The Morgan fingerprint density at radius 2 is 1.33 bits per heavy atom. The lowest BCUT2D eigenvalue weighted by Gasteiger charge is -2.13. The Morgan fingerprint density at radius 1 is 0.933 bits per heavy atom. The summed E-state index contributed by atoms with van der Waals surface area (Å²) in [4.78, 5) is 0. The normalized spacial score (nSPS) is 10.7. The molecule has 2 N–H and O–H groups in total. The van der Waals surface area contributed by atoms with E-state index < -0.39 is 0 Å². The number of aromatic nitrogens is 2. The van der Waals surface area contributed by atoms with Crippen LogP contribution in [0.5, 0.6) is 0 Å². The van der Waals surface area contributed by atoms with Gasteiger partial charge in [-0.25, -0.2) is 0 Å². The smallest absolute Gasteiger partial charge is 0.122 e. The Morgan fingerprint density at radius 3 is 1.67 bits per heavy atom. The van der Waals surface area contributed by atoms with Crippen LogP contribution in [0.3, 0.4) is 0 Å². The molecule has 0 saturated carbocycles. The molecule has 1 aromatic heterocycles. The van der Waals surface area contributed by atoms with Gasteiger partial charge in [-0.05, 0) is 31.9 Å². The van der Waals surface area contributed by atoms with E-state index in [1.165, 1.54) is 11.7 Å². The average molecular weight is 352 g/mol. The van der Waals surface area contributed by atoms with E-state index in [2.05, 4.69) is 51.2 Å². The molecule has 0 amide bonds. The molecule has 0 spiro atoms. The fourth-order valence-corrected chi connectivity index (χ4v) is 3.54. The minimum atomic E-state index is 0.871. The van der Waals surface area contributed by atoms with Crippen molar-refractivity contribution >= 4 is 66.0 Å². The lowest BCUT2D eigenvalue weighted by Crippen LogP contribution is -1.99. The number of rotatable bonds is 2. The standard InChI is InChI=1S/C8H8Br2N4S/c1-11-5-3(9)7-8(14-15-13-7)4(10)6(5)12-2/h11-12H,1-2H3. The number of nitrogens with one attached hydrogen (secondary N) is 2. The number of halogens is 2. The SMILES string of the molecule is CNc1c(NC)c(Br)c2nsnc2c1Br. The van der Waals surface area contributed by atoms with Gasteiger partial charge in [0.1, 0.15) is 11.0 Å². The van der Waals surface area contributed by atoms with Crippen LogP contribution in [-0.2, 0) is 0 Å². The largest absolute Gasteiger partial charge is 0.385 e. The van der Waals surface area contributed by atoms with Crippen molar-refractivity contribution in [3.05, 3.63) is 8.95 Å². The highest BCUT2D eigenvalue weighted by atomic mass is 79.9. The number of anilines is 2. The number of hydrogen-bond donors (Lipinski definition) is 2. The van der Waals surface area contributed by atoms with Gasteiger partial charge in [0.2, 0.25) is 0 Å². The fourth-order valence-electron chi connectivity index (χ4n) is 1.40. The lowest BCUT2D eigenvalue weighted by molar-refractivity contribution is 1.42. The highest BCUT2D eigenvalue weighted by Gasteiger charge is 2.17. The second-order valence-corrected chi connectivity index (χ2v) is 4.95. The van der Waals surface area contributed by atoms with Crippen LogP contribution in [0.1, 0.15) is 0 Å². The minimum absolute atomic E-state index is 0.871. The highest BCUT2D eigenvalue weighted by Crippen LogP contribution is 2.42. The third-order valence-corrected chi connectivity index (χ3v) is 4.17. The van der Waals surface area contributed by atoms with Crippen LogP contribution in [0.25, 0.3) is 11.0 Å². The Hall–Kier alpha value is -0.400. The zero-order valence-electron chi connectivity index (χ0n) is 8.06. The first-order chi connectivity index (χ1) is 7.20. The van der Waals surface area contributed by atoms with Gasteiger partial charge in [0.05, 0.1) is 32.0 Å². The van der Waals surface area contributed by atoms with Gasteiger partial charge in [0.25, 0.3) is 0 Å². The van der Waals surface area contributed by atoms with Crippen LogP contribution in [0.15, 0.2) is 8.95 Å². The van der Waals surface area contributed by atoms with Gasteiger partial charge in [-0.3, -0.25) is 0 Å². The molecule has 15 heavy (non-hydrogen) atoms. The van der Waals surface area contributed by atoms with E-state index in [9.17, 15) is 0 Å². The van der Waals surface area contributed by atoms with E-state index in [0.717, 1.165) is 31.4 Å². The number of hydrogen-bond acceptors (Lipinski definition) is 5.